The highest BCUT2D eigenvalue weighted by atomic mass is 35.5. The van der Waals surface area contributed by atoms with Crippen LogP contribution in [0.3, 0.4) is 0 Å². The lowest BCUT2D eigenvalue weighted by Gasteiger charge is -2.11. The molecule has 5 heteroatoms. The molecular formula is C11H18Cl2N2O. The standard InChI is InChI=1S/C11H16N2O.2ClH/c1-3-7-5-6-9(11(13)14)10(12)8(7)4-2;;/h5-6H,3-4,12H2,1-2H3,(H2,13,14);2*1H. The second-order valence-electron chi connectivity index (χ2n) is 3.24. The highest BCUT2D eigenvalue weighted by Crippen LogP contribution is 2.22. The van der Waals surface area contributed by atoms with Gasteiger partial charge in [0.15, 0.2) is 0 Å². The minimum Gasteiger partial charge on any atom is -0.398 e. The van der Waals surface area contributed by atoms with Crippen LogP contribution in [0.25, 0.3) is 0 Å². The van der Waals surface area contributed by atoms with Gasteiger partial charge in [-0.1, -0.05) is 19.9 Å². The molecule has 0 aliphatic carbocycles. The topological polar surface area (TPSA) is 69.1 Å². The highest BCUT2D eigenvalue weighted by Gasteiger charge is 2.11. The fourth-order valence-electron chi connectivity index (χ4n) is 1.67. The number of nitrogens with two attached hydrogens (primary N) is 2. The third-order valence-electron chi connectivity index (χ3n) is 2.45. The molecule has 92 valence electrons. The lowest BCUT2D eigenvalue weighted by molar-refractivity contribution is 0.100. The van der Waals surface area contributed by atoms with Gasteiger partial charge in [0.1, 0.15) is 0 Å². The quantitative estimate of drug-likeness (QED) is 0.823. The summed E-state index contributed by atoms with van der Waals surface area (Å²) in [5, 5.41) is 0. The van der Waals surface area contributed by atoms with Crippen molar-refractivity contribution in [3.8, 4) is 0 Å². The smallest absolute Gasteiger partial charge is 0.250 e. The van der Waals surface area contributed by atoms with Crippen molar-refractivity contribution in [2.24, 2.45) is 5.73 Å². The second kappa shape index (κ2) is 7.36. The van der Waals surface area contributed by atoms with Crippen molar-refractivity contribution in [3.63, 3.8) is 0 Å². The van der Waals surface area contributed by atoms with Gasteiger partial charge in [0.2, 0.25) is 0 Å². The molecule has 1 rings (SSSR count). The second-order valence-corrected chi connectivity index (χ2v) is 3.24. The van der Waals surface area contributed by atoms with Gasteiger partial charge in [0.25, 0.3) is 5.91 Å². The summed E-state index contributed by atoms with van der Waals surface area (Å²) in [6, 6.07) is 3.63. The van der Waals surface area contributed by atoms with Gasteiger partial charge >= 0.3 is 0 Å². The van der Waals surface area contributed by atoms with Crippen molar-refractivity contribution in [2.45, 2.75) is 26.7 Å². The number of rotatable bonds is 3. The van der Waals surface area contributed by atoms with Crippen LogP contribution < -0.4 is 11.5 Å². The first-order valence-corrected chi connectivity index (χ1v) is 4.81. The molecule has 0 aromatic heterocycles. The number of hydrogen-bond donors (Lipinski definition) is 2. The number of halogens is 2. The van der Waals surface area contributed by atoms with Crippen LogP contribution in [-0.4, -0.2) is 5.91 Å². The molecule has 1 aromatic carbocycles. The molecule has 0 fully saturated rings. The normalized spacial score (nSPS) is 8.88. The fourth-order valence-corrected chi connectivity index (χ4v) is 1.67. The Labute approximate surface area is 108 Å². The summed E-state index contributed by atoms with van der Waals surface area (Å²) in [5.41, 5.74) is 14.3. The van der Waals surface area contributed by atoms with Crippen molar-refractivity contribution >= 4 is 36.4 Å². The molecule has 16 heavy (non-hydrogen) atoms. The van der Waals surface area contributed by atoms with Gasteiger partial charge in [-0.3, -0.25) is 4.79 Å². The van der Waals surface area contributed by atoms with Gasteiger partial charge in [-0.05, 0) is 30.0 Å². The molecule has 0 unspecified atom stereocenters. The molecule has 1 amide bonds. The number of primary amides is 1. The van der Waals surface area contributed by atoms with Gasteiger partial charge in [0, 0.05) is 5.69 Å². The van der Waals surface area contributed by atoms with Crippen LogP contribution in [0.15, 0.2) is 12.1 Å². The Morgan fingerprint density at radius 1 is 1.19 bits per heavy atom. The minimum atomic E-state index is -0.458. The van der Waals surface area contributed by atoms with E-state index in [2.05, 4.69) is 6.92 Å². The molecule has 0 saturated carbocycles. The Balaban J connectivity index is 0. The monoisotopic (exact) mass is 264 g/mol. The number of aryl methyl sites for hydroxylation is 1. The summed E-state index contributed by atoms with van der Waals surface area (Å²) in [6.07, 6.45) is 1.75. The molecular weight excluding hydrogens is 247 g/mol. The van der Waals surface area contributed by atoms with Crippen LogP contribution in [0.2, 0.25) is 0 Å². The predicted octanol–water partition coefficient (Wildman–Crippen LogP) is 2.34. The zero-order chi connectivity index (χ0) is 10.7. The fraction of sp³-hybridized carbons (Fsp3) is 0.364. The third-order valence-corrected chi connectivity index (χ3v) is 2.45. The van der Waals surface area contributed by atoms with Crippen molar-refractivity contribution in [2.75, 3.05) is 5.73 Å². The number of benzene rings is 1. The molecule has 0 aliphatic heterocycles. The predicted molar refractivity (Wildman–Crippen MR) is 72.6 cm³/mol. The Kier molecular flexibility index (Phi) is 8.03. The largest absolute Gasteiger partial charge is 0.398 e. The number of amides is 1. The Hall–Kier alpha value is -0.930. The number of anilines is 1. The average molecular weight is 265 g/mol. The Morgan fingerprint density at radius 2 is 1.75 bits per heavy atom. The molecule has 0 radical (unpaired) electrons. The van der Waals surface area contributed by atoms with E-state index in [1.165, 1.54) is 5.56 Å². The zero-order valence-corrected chi connectivity index (χ0v) is 11.1. The molecule has 0 bridgehead atoms. The number of carbonyl (C=O) groups excluding carboxylic acids is 1. The van der Waals surface area contributed by atoms with Gasteiger partial charge < -0.3 is 11.5 Å². The van der Waals surface area contributed by atoms with E-state index in [0.29, 0.717) is 11.3 Å². The highest BCUT2D eigenvalue weighted by molar-refractivity contribution is 5.98. The van der Waals surface area contributed by atoms with Crippen molar-refractivity contribution < 1.29 is 4.79 Å². The van der Waals surface area contributed by atoms with E-state index < -0.39 is 5.91 Å². The molecule has 3 nitrogen and oxygen atoms in total. The molecule has 0 aliphatic rings. The first kappa shape index (κ1) is 17.5. The van der Waals surface area contributed by atoms with Crippen LogP contribution in [0, 0.1) is 0 Å². The Morgan fingerprint density at radius 3 is 2.12 bits per heavy atom. The number of hydrogen-bond acceptors (Lipinski definition) is 2. The summed E-state index contributed by atoms with van der Waals surface area (Å²) >= 11 is 0. The number of nitrogen functional groups attached to an aromatic ring is 1. The summed E-state index contributed by atoms with van der Waals surface area (Å²) in [4.78, 5) is 11.0. The molecule has 0 spiro atoms. The summed E-state index contributed by atoms with van der Waals surface area (Å²) in [6.45, 7) is 4.09. The van der Waals surface area contributed by atoms with Gasteiger partial charge in [-0.25, -0.2) is 0 Å². The van der Waals surface area contributed by atoms with E-state index in [9.17, 15) is 4.79 Å². The van der Waals surface area contributed by atoms with E-state index in [-0.39, 0.29) is 24.8 Å². The summed E-state index contributed by atoms with van der Waals surface area (Å²) in [7, 11) is 0. The molecule has 4 N–H and O–H groups in total. The SMILES string of the molecule is CCc1ccc(C(N)=O)c(N)c1CC.Cl.Cl. The van der Waals surface area contributed by atoms with Crippen LogP contribution in [0.4, 0.5) is 5.69 Å². The maximum atomic E-state index is 11.0. The van der Waals surface area contributed by atoms with E-state index in [1.54, 1.807) is 6.07 Å². The van der Waals surface area contributed by atoms with Crippen LogP contribution in [-0.2, 0) is 12.8 Å². The van der Waals surface area contributed by atoms with Crippen LogP contribution in [0.1, 0.15) is 35.3 Å². The van der Waals surface area contributed by atoms with E-state index in [1.807, 2.05) is 13.0 Å². The van der Waals surface area contributed by atoms with Gasteiger partial charge in [-0.2, -0.15) is 0 Å². The van der Waals surface area contributed by atoms with Crippen LogP contribution in [0.5, 0.6) is 0 Å². The maximum Gasteiger partial charge on any atom is 0.250 e. The van der Waals surface area contributed by atoms with Gasteiger partial charge in [0.05, 0.1) is 5.56 Å². The maximum absolute atomic E-state index is 11.0. The van der Waals surface area contributed by atoms with Crippen molar-refractivity contribution in [1.82, 2.24) is 0 Å². The zero-order valence-electron chi connectivity index (χ0n) is 9.45. The lowest BCUT2D eigenvalue weighted by Crippen LogP contribution is -2.15. The van der Waals surface area contributed by atoms with Crippen molar-refractivity contribution in [3.05, 3.63) is 28.8 Å². The summed E-state index contributed by atoms with van der Waals surface area (Å²) in [5.74, 6) is -0.458. The Bertz CT molecular complexity index is 367. The molecule has 0 atom stereocenters. The third kappa shape index (κ3) is 3.29. The first-order chi connectivity index (χ1) is 6.61. The van der Waals surface area contributed by atoms with Crippen molar-refractivity contribution in [1.29, 1.82) is 0 Å². The van der Waals surface area contributed by atoms with E-state index in [0.717, 1.165) is 18.4 Å². The lowest BCUT2D eigenvalue weighted by atomic mass is 9.97. The summed E-state index contributed by atoms with van der Waals surface area (Å²) < 4.78 is 0. The van der Waals surface area contributed by atoms with Crippen LogP contribution >= 0.6 is 24.8 Å². The number of carbonyl (C=O) groups is 1. The molecule has 0 heterocycles. The first-order valence-electron chi connectivity index (χ1n) is 4.81. The van der Waals surface area contributed by atoms with E-state index >= 15 is 0 Å². The minimum absolute atomic E-state index is 0. The molecule has 0 saturated heterocycles. The average Bonchev–Trinajstić information content (AvgIpc) is 2.16. The van der Waals surface area contributed by atoms with E-state index in [4.69, 9.17) is 11.5 Å². The van der Waals surface area contributed by atoms with Gasteiger partial charge in [-0.15, -0.1) is 24.8 Å². The molecule has 1 aromatic rings.